The van der Waals surface area contributed by atoms with Crippen LogP contribution in [0, 0.1) is 5.82 Å². The number of rotatable bonds is 6. The molecule has 3 rings (SSSR count). The second-order valence-electron chi connectivity index (χ2n) is 5.30. The number of carbonyl (C=O) groups excluding carboxylic acids is 1. The summed E-state index contributed by atoms with van der Waals surface area (Å²) in [7, 11) is 1.53. The Balaban J connectivity index is 1.83. The van der Waals surface area contributed by atoms with E-state index in [4.69, 9.17) is 4.74 Å². The van der Waals surface area contributed by atoms with Crippen LogP contribution in [0.25, 0.3) is 5.69 Å². The van der Waals surface area contributed by atoms with Crippen LogP contribution >= 0.6 is 11.8 Å². The lowest BCUT2D eigenvalue weighted by Crippen LogP contribution is -2.21. The van der Waals surface area contributed by atoms with Crippen molar-refractivity contribution in [3.63, 3.8) is 0 Å². The zero-order chi connectivity index (χ0) is 18.5. The van der Waals surface area contributed by atoms with Gasteiger partial charge in [0.1, 0.15) is 11.6 Å². The van der Waals surface area contributed by atoms with Crippen molar-refractivity contribution in [2.75, 3.05) is 12.9 Å². The predicted octanol–water partition coefficient (Wildman–Crippen LogP) is 3.36. The van der Waals surface area contributed by atoms with Gasteiger partial charge in [-0.2, -0.15) is 0 Å². The number of Topliss-reactive ketones (excluding diaryl/α,β-unsaturated/α-hetero) is 1. The predicted molar refractivity (Wildman–Crippen MR) is 97.8 cm³/mol. The molecule has 26 heavy (non-hydrogen) atoms. The second kappa shape index (κ2) is 7.97. The zero-order valence-electron chi connectivity index (χ0n) is 13.9. The van der Waals surface area contributed by atoms with Gasteiger partial charge in [0.15, 0.2) is 10.8 Å². The van der Waals surface area contributed by atoms with E-state index in [2.05, 4.69) is 4.98 Å². The average molecular weight is 370 g/mol. The van der Waals surface area contributed by atoms with Crippen molar-refractivity contribution in [3.05, 3.63) is 82.7 Å². The second-order valence-corrected chi connectivity index (χ2v) is 6.26. The third-order valence-corrected chi connectivity index (χ3v) is 4.62. The number of carbonyl (C=O) groups is 1. The van der Waals surface area contributed by atoms with E-state index in [0.717, 1.165) is 11.8 Å². The van der Waals surface area contributed by atoms with E-state index in [-0.39, 0.29) is 22.1 Å². The summed E-state index contributed by atoms with van der Waals surface area (Å²) in [4.78, 5) is 29.0. The molecule has 0 N–H and O–H groups in total. The molecule has 0 bridgehead atoms. The fourth-order valence-electron chi connectivity index (χ4n) is 2.36. The molecule has 0 aliphatic rings. The third kappa shape index (κ3) is 3.83. The van der Waals surface area contributed by atoms with Gasteiger partial charge in [0, 0.05) is 18.0 Å². The molecule has 5 nitrogen and oxygen atoms in total. The number of thioether (sulfide) groups is 1. The van der Waals surface area contributed by atoms with Crippen molar-refractivity contribution >= 4 is 17.5 Å². The molecule has 0 amide bonds. The molecule has 0 aliphatic heterocycles. The van der Waals surface area contributed by atoms with Crippen molar-refractivity contribution < 1.29 is 13.9 Å². The van der Waals surface area contributed by atoms with E-state index in [1.165, 1.54) is 42.1 Å². The van der Waals surface area contributed by atoms with Gasteiger partial charge in [0.05, 0.1) is 18.6 Å². The third-order valence-electron chi connectivity index (χ3n) is 3.66. The Morgan fingerprint density at radius 3 is 2.65 bits per heavy atom. The number of halogens is 1. The normalized spacial score (nSPS) is 10.5. The molecule has 0 unspecified atom stereocenters. The summed E-state index contributed by atoms with van der Waals surface area (Å²) >= 11 is 1.05. The molecule has 0 radical (unpaired) electrons. The minimum atomic E-state index is -0.404. The highest BCUT2D eigenvalue weighted by Gasteiger charge is 2.13. The molecule has 0 spiro atoms. The summed E-state index contributed by atoms with van der Waals surface area (Å²) in [5.41, 5.74) is 0.642. The van der Waals surface area contributed by atoms with Crippen LogP contribution in [-0.4, -0.2) is 28.2 Å². The van der Waals surface area contributed by atoms with Gasteiger partial charge in [-0.3, -0.25) is 14.2 Å². The van der Waals surface area contributed by atoms with E-state index < -0.39 is 5.82 Å². The number of para-hydroxylation sites is 2. The Labute approximate surface area is 153 Å². The number of benzene rings is 2. The summed E-state index contributed by atoms with van der Waals surface area (Å²) in [6.07, 6.45) is 3.05. The molecular weight excluding hydrogens is 355 g/mol. The lowest BCUT2D eigenvalue weighted by molar-refractivity contribution is 0.102. The fourth-order valence-corrected chi connectivity index (χ4v) is 3.16. The van der Waals surface area contributed by atoms with Crippen LogP contribution in [0.1, 0.15) is 10.4 Å². The van der Waals surface area contributed by atoms with E-state index in [1.807, 2.05) is 6.07 Å². The van der Waals surface area contributed by atoms with Crippen LogP contribution in [-0.2, 0) is 0 Å². The van der Waals surface area contributed by atoms with Crippen molar-refractivity contribution in [3.8, 4) is 11.4 Å². The Morgan fingerprint density at radius 2 is 1.92 bits per heavy atom. The Bertz CT molecular complexity index is 987. The molecule has 0 saturated carbocycles. The zero-order valence-corrected chi connectivity index (χ0v) is 14.7. The quantitative estimate of drug-likeness (QED) is 0.492. The number of ketones is 1. The minimum Gasteiger partial charge on any atom is -0.495 e. The first-order valence-electron chi connectivity index (χ1n) is 7.73. The topological polar surface area (TPSA) is 61.2 Å². The van der Waals surface area contributed by atoms with Gasteiger partial charge < -0.3 is 4.74 Å². The van der Waals surface area contributed by atoms with Gasteiger partial charge in [-0.1, -0.05) is 23.9 Å². The van der Waals surface area contributed by atoms with Gasteiger partial charge in [-0.25, -0.2) is 9.37 Å². The van der Waals surface area contributed by atoms with E-state index in [1.54, 1.807) is 24.4 Å². The number of hydrogen-bond acceptors (Lipinski definition) is 5. The molecule has 1 aromatic heterocycles. The van der Waals surface area contributed by atoms with Crippen LogP contribution < -0.4 is 10.3 Å². The molecule has 0 atom stereocenters. The summed E-state index contributed by atoms with van der Waals surface area (Å²) < 4.78 is 19.7. The fraction of sp³-hybridized carbons (Fsp3) is 0.105. The van der Waals surface area contributed by atoms with Crippen molar-refractivity contribution in [1.82, 2.24) is 9.55 Å². The molecule has 0 saturated heterocycles. The number of ether oxygens (including phenoxy) is 1. The lowest BCUT2D eigenvalue weighted by atomic mass is 10.1. The van der Waals surface area contributed by atoms with Crippen LogP contribution in [0.5, 0.6) is 5.75 Å². The van der Waals surface area contributed by atoms with Crippen LogP contribution in [0.15, 0.2) is 70.7 Å². The Morgan fingerprint density at radius 1 is 1.19 bits per heavy atom. The van der Waals surface area contributed by atoms with Gasteiger partial charge in [-0.05, 0) is 36.4 Å². The highest BCUT2D eigenvalue weighted by molar-refractivity contribution is 7.99. The molecule has 0 aliphatic carbocycles. The van der Waals surface area contributed by atoms with E-state index >= 15 is 0 Å². The summed E-state index contributed by atoms with van der Waals surface area (Å²) in [6, 6.07) is 12.4. The van der Waals surface area contributed by atoms with Gasteiger partial charge >= 0.3 is 0 Å². The summed E-state index contributed by atoms with van der Waals surface area (Å²) in [5.74, 6) is -0.0225. The maximum absolute atomic E-state index is 12.9. The molecule has 1 heterocycles. The first kappa shape index (κ1) is 17.9. The molecule has 2 aromatic carbocycles. The first-order chi connectivity index (χ1) is 12.6. The molecule has 0 fully saturated rings. The highest BCUT2D eigenvalue weighted by atomic mass is 32.2. The van der Waals surface area contributed by atoms with Gasteiger partial charge in [-0.15, -0.1) is 0 Å². The van der Waals surface area contributed by atoms with Crippen LogP contribution in [0.3, 0.4) is 0 Å². The minimum absolute atomic E-state index is 0.0316. The van der Waals surface area contributed by atoms with Crippen LogP contribution in [0.4, 0.5) is 4.39 Å². The maximum Gasteiger partial charge on any atom is 0.287 e. The lowest BCUT2D eigenvalue weighted by Gasteiger charge is -2.11. The number of aromatic nitrogens is 2. The van der Waals surface area contributed by atoms with Crippen molar-refractivity contribution in [1.29, 1.82) is 0 Å². The van der Waals surface area contributed by atoms with E-state index in [9.17, 15) is 14.0 Å². The Kier molecular flexibility index (Phi) is 5.48. The largest absolute Gasteiger partial charge is 0.495 e. The molecule has 3 aromatic rings. The molecule has 132 valence electrons. The summed E-state index contributed by atoms with van der Waals surface area (Å²) in [6.45, 7) is 0. The molecule has 7 heteroatoms. The summed E-state index contributed by atoms with van der Waals surface area (Å²) in [5, 5.41) is 0.203. The Hall–Kier alpha value is -2.93. The SMILES string of the molecule is COc1ccccc1-n1ccnc(SCC(=O)c2ccc(F)cc2)c1=O. The van der Waals surface area contributed by atoms with Crippen LogP contribution in [0.2, 0.25) is 0 Å². The number of methoxy groups -OCH3 is 1. The average Bonchev–Trinajstić information content (AvgIpc) is 2.67. The smallest absolute Gasteiger partial charge is 0.287 e. The monoisotopic (exact) mass is 370 g/mol. The number of hydrogen-bond donors (Lipinski definition) is 0. The standard InChI is InChI=1S/C19H15FN2O3S/c1-25-17-5-3-2-4-15(17)22-11-10-21-18(19(22)24)26-12-16(23)13-6-8-14(20)9-7-13/h2-11H,12H2,1H3. The first-order valence-corrected chi connectivity index (χ1v) is 8.71. The van der Waals surface area contributed by atoms with Crippen molar-refractivity contribution in [2.45, 2.75) is 5.03 Å². The molecular formula is C19H15FN2O3S. The highest BCUT2D eigenvalue weighted by Crippen LogP contribution is 2.21. The number of nitrogens with zero attached hydrogens (tertiary/aromatic N) is 2. The van der Waals surface area contributed by atoms with Crippen molar-refractivity contribution in [2.24, 2.45) is 0 Å². The maximum atomic E-state index is 12.9. The van der Waals surface area contributed by atoms with E-state index in [0.29, 0.717) is 17.0 Å². The van der Waals surface area contributed by atoms with Gasteiger partial charge in [0.25, 0.3) is 5.56 Å². The van der Waals surface area contributed by atoms with Gasteiger partial charge in [0.2, 0.25) is 0 Å².